The van der Waals surface area contributed by atoms with Gasteiger partial charge in [-0.15, -0.1) is 0 Å². The van der Waals surface area contributed by atoms with E-state index in [1.54, 1.807) is 26.0 Å². The van der Waals surface area contributed by atoms with Gasteiger partial charge < -0.3 is 16.0 Å². The number of primary amides is 1. The van der Waals surface area contributed by atoms with Crippen molar-refractivity contribution in [2.24, 2.45) is 5.73 Å². The number of carbonyl (C=O) groups is 3. The van der Waals surface area contributed by atoms with E-state index >= 15 is 0 Å². The van der Waals surface area contributed by atoms with Gasteiger partial charge in [0.2, 0.25) is 11.8 Å². The Balaban J connectivity index is 2.68. The molecule has 6 heteroatoms. The zero-order valence-electron chi connectivity index (χ0n) is 15.1. The third-order valence-electron chi connectivity index (χ3n) is 3.68. The third-order valence-corrected chi connectivity index (χ3v) is 3.68. The molecule has 24 heavy (non-hydrogen) atoms. The maximum absolute atomic E-state index is 12.2. The van der Waals surface area contributed by atoms with Crippen molar-refractivity contribution in [2.75, 3.05) is 13.1 Å². The molecule has 1 aromatic rings. The monoisotopic (exact) mass is 333 g/mol. The van der Waals surface area contributed by atoms with Gasteiger partial charge in [0, 0.05) is 11.6 Å². The van der Waals surface area contributed by atoms with E-state index in [1.165, 1.54) is 4.90 Å². The third kappa shape index (κ3) is 5.68. The molecule has 0 bridgehead atoms. The highest BCUT2D eigenvalue weighted by Crippen LogP contribution is 2.22. The lowest BCUT2D eigenvalue weighted by Crippen LogP contribution is -2.47. The van der Waals surface area contributed by atoms with Crippen LogP contribution in [0.25, 0.3) is 0 Å². The van der Waals surface area contributed by atoms with Crippen LogP contribution in [0.5, 0.6) is 0 Å². The van der Waals surface area contributed by atoms with Crippen LogP contribution in [0.1, 0.15) is 50.5 Å². The van der Waals surface area contributed by atoms with Gasteiger partial charge in [0.25, 0.3) is 5.91 Å². The van der Waals surface area contributed by atoms with Crippen LogP contribution in [0.4, 0.5) is 0 Å². The van der Waals surface area contributed by atoms with Gasteiger partial charge in [-0.3, -0.25) is 14.4 Å². The molecule has 1 rings (SSSR count). The number of hydrogen-bond acceptors (Lipinski definition) is 3. The Kier molecular flexibility index (Phi) is 6.51. The largest absolute Gasteiger partial charge is 0.368 e. The first-order chi connectivity index (χ1) is 11.0. The van der Waals surface area contributed by atoms with Crippen LogP contribution in [0.3, 0.4) is 0 Å². The van der Waals surface area contributed by atoms with Crippen molar-refractivity contribution in [2.45, 2.75) is 46.1 Å². The number of nitrogens with two attached hydrogens (primary N) is 1. The van der Waals surface area contributed by atoms with Crippen LogP contribution in [-0.2, 0) is 15.0 Å². The quantitative estimate of drug-likeness (QED) is 0.825. The van der Waals surface area contributed by atoms with Gasteiger partial charge in [-0.25, -0.2) is 0 Å². The van der Waals surface area contributed by atoms with Crippen LogP contribution in [0.2, 0.25) is 0 Å². The predicted octanol–water partition coefficient (Wildman–Crippen LogP) is 1.44. The van der Waals surface area contributed by atoms with Crippen molar-refractivity contribution in [3.8, 4) is 0 Å². The van der Waals surface area contributed by atoms with Gasteiger partial charge in [-0.1, -0.05) is 32.9 Å². The fraction of sp³-hybridized carbons (Fsp3) is 0.500. The molecule has 132 valence electrons. The molecule has 0 aliphatic heterocycles. The molecular weight excluding hydrogens is 306 g/mol. The molecule has 0 saturated heterocycles. The number of nitrogens with one attached hydrogen (secondary N) is 1. The predicted molar refractivity (Wildman–Crippen MR) is 93.5 cm³/mol. The maximum Gasteiger partial charge on any atom is 0.251 e. The smallest absolute Gasteiger partial charge is 0.251 e. The minimum Gasteiger partial charge on any atom is -0.368 e. The summed E-state index contributed by atoms with van der Waals surface area (Å²) < 4.78 is 0. The molecule has 3 amide bonds. The van der Waals surface area contributed by atoms with E-state index in [9.17, 15) is 14.4 Å². The second-order valence-electron chi connectivity index (χ2n) is 7.09. The lowest BCUT2D eigenvalue weighted by molar-refractivity contribution is -0.135. The van der Waals surface area contributed by atoms with Crippen molar-refractivity contribution in [3.05, 3.63) is 35.4 Å². The van der Waals surface area contributed by atoms with Gasteiger partial charge in [-0.2, -0.15) is 0 Å². The maximum atomic E-state index is 12.2. The van der Waals surface area contributed by atoms with E-state index in [2.05, 4.69) is 26.1 Å². The minimum absolute atomic E-state index is 0.0114. The summed E-state index contributed by atoms with van der Waals surface area (Å²) in [4.78, 5) is 36.7. The number of carbonyl (C=O) groups excluding carboxylic acids is 3. The lowest BCUT2D eigenvalue weighted by Gasteiger charge is -2.25. The van der Waals surface area contributed by atoms with Crippen molar-refractivity contribution in [3.63, 3.8) is 0 Å². The van der Waals surface area contributed by atoms with E-state index in [1.807, 2.05) is 12.1 Å². The summed E-state index contributed by atoms with van der Waals surface area (Å²) in [7, 11) is 0. The van der Waals surface area contributed by atoms with E-state index < -0.39 is 5.91 Å². The number of benzene rings is 1. The number of nitrogens with zero attached hydrogens (tertiary/aromatic N) is 1. The molecule has 1 aromatic carbocycles. The average molecular weight is 333 g/mol. The van der Waals surface area contributed by atoms with Crippen molar-refractivity contribution >= 4 is 17.7 Å². The van der Waals surface area contributed by atoms with E-state index in [0.29, 0.717) is 5.56 Å². The summed E-state index contributed by atoms with van der Waals surface area (Å²) in [6.07, 6.45) is 0. The van der Waals surface area contributed by atoms with E-state index in [0.717, 1.165) is 5.56 Å². The Labute approximate surface area is 143 Å². The highest BCUT2D eigenvalue weighted by atomic mass is 16.2. The molecule has 3 N–H and O–H groups in total. The lowest BCUT2D eigenvalue weighted by atomic mass is 9.87. The van der Waals surface area contributed by atoms with Crippen LogP contribution >= 0.6 is 0 Å². The summed E-state index contributed by atoms with van der Waals surface area (Å²) in [5.74, 6) is -1.25. The molecule has 0 fully saturated rings. The first kappa shape index (κ1) is 19.7. The first-order valence-corrected chi connectivity index (χ1v) is 7.99. The summed E-state index contributed by atoms with van der Waals surface area (Å²) in [6, 6.07) is 7.12. The van der Waals surface area contributed by atoms with Crippen LogP contribution in [0, 0.1) is 0 Å². The normalized spacial score (nSPS) is 11.2. The zero-order valence-corrected chi connectivity index (χ0v) is 15.1. The van der Waals surface area contributed by atoms with Crippen LogP contribution < -0.4 is 11.1 Å². The molecule has 6 nitrogen and oxygen atoms in total. The molecule has 0 aromatic heterocycles. The standard InChI is InChI=1S/C18H27N3O3/c1-12(2)21(11-15(19)22)16(23)10-20-17(24)13-6-8-14(9-7-13)18(3,4)5/h6-9,12H,10-11H2,1-5H3,(H2,19,22)(H,20,24). The topological polar surface area (TPSA) is 92.5 Å². The second kappa shape index (κ2) is 7.95. The fourth-order valence-corrected chi connectivity index (χ4v) is 2.21. The Bertz CT molecular complexity index is 601. The summed E-state index contributed by atoms with van der Waals surface area (Å²) in [5, 5.41) is 2.58. The van der Waals surface area contributed by atoms with Gasteiger partial charge in [0.05, 0.1) is 13.1 Å². The molecule has 0 saturated carbocycles. The van der Waals surface area contributed by atoms with E-state index in [4.69, 9.17) is 5.73 Å². The molecular formula is C18H27N3O3. The molecule has 0 radical (unpaired) electrons. The highest BCUT2D eigenvalue weighted by Gasteiger charge is 2.20. The molecule has 0 unspecified atom stereocenters. The minimum atomic E-state index is -0.582. The van der Waals surface area contributed by atoms with Crippen LogP contribution in [0.15, 0.2) is 24.3 Å². The van der Waals surface area contributed by atoms with E-state index in [-0.39, 0.29) is 36.4 Å². The molecule has 0 atom stereocenters. The Hall–Kier alpha value is -2.37. The zero-order chi connectivity index (χ0) is 18.5. The van der Waals surface area contributed by atoms with Gasteiger partial charge >= 0.3 is 0 Å². The van der Waals surface area contributed by atoms with Crippen molar-refractivity contribution in [1.29, 1.82) is 0 Å². The Morgan fingerprint density at radius 2 is 1.67 bits per heavy atom. The molecule has 0 spiro atoms. The van der Waals surface area contributed by atoms with Gasteiger partial charge in [-0.05, 0) is 37.0 Å². The van der Waals surface area contributed by atoms with Crippen molar-refractivity contribution < 1.29 is 14.4 Å². The Morgan fingerprint density at radius 1 is 1.12 bits per heavy atom. The van der Waals surface area contributed by atoms with Crippen molar-refractivity contribution in [1.82, 2.24) is 10.2 Å². The highest BCUT2D eigenvalue weighted by molar-refractivity contribution is 5.96. The molecule has 0 heterocycles. The number of hydrogen-bond donors (Lipinski definition) is 2. The van der Waals surface area contributed by atoms with Crippen LogP contribution in [-0.4, -0.2) is 41.8 Å². The van der Waals surface area contributed by atoms with Gasteiger partial charge in [0.1, 0.15) is 0 Å². The summed E-state index contributed by atoms with van der Waals surface area (Å²) >= 11 is 0. The SMILES string of the molecule is CC(C)N(CC(N)=O)C(=O)CNC(=O)c1ccc(C(C)(C)C)cc1. The fourth-order valence-electron chi connectivity index (χ4n) is 2.21. The molecule has 0 aliphatic rings. The van der Waals surface area contributed by atoms with Gasteiger partial charge in [0.15, 0.2) is 0 Å². The number of amides is 3. The summed E-state index contributed by atoms with van der Waals surface area (Å²) in [5.41, 5.74) is 6.77. The summed E-state index contributed by atoms with van der Waals surface area (Å²) in [6.45, 7) is 9.53. The second-order valence-corrected chi connectivity index (χ2v) is 7.09. The average Bonchev–Trinajstić information content (AvgIpc) is 2.48. The Morgan fingerprint density at radius 3 is 2.08 bits per heavy atom. The first-order valence-electron chi connectivity index (χ1n) is 7.99. The number of rotatable bonds is 6. The molecule has 0 aliphatic carbocycles.